The van der Waals surface area contributed by atoms with Crippen molar-refractivity contribution in [1.29, 1.82) is 5.26 Å². The van der Waals surface area contributed by atoms with E-state index in [-0.39, 0.29) is 17.3 Å². The Morgan fingerprint density at radius 1 is 1.08 bits per heavy atom. The first kappa shape index (κ1) is 16.2. The Morgan fingerprint density at radius 2 is 1.83 bits per heavy atom. The van der Waals surface area contributed by atoms with Crippen molar-refractivity contribution in [3.05, 3.63) is 35.4 Å². The van der Waals surface area contributed by atoms with Gasteiger partial charge in [-0.05, 0) is 37.6 Å². The summed E-state index contributed by atoms with van der Waals surface area (Å²) in [5.74, 6) is 0.206. The number of aromatic nitrogens is 2. The number of rotatable bonds is 3. The number of nitriles is 1. The predicted molar refractivity (Wildman–Crippen MR) is 94.8 cm³/mol. The second-order valence-electron chi connectivity index (χ2n) is 6.19. The van der Waals surface area contributed by atoms with Crippen LogP contribution in [0.2, 0.25) is 0 Å². The summed E-state index contributed by atoms with van der Waals surface area (Å²) in [5, 5.41) is 9.35. The summed E-state index contributed by atoms with van der Waals surface area (Å²) < 4.78 is 0. The molecule has 0 radical (unpaired) electrons. The maximum Gasteiger partial charge on any atom is 0.222 e. The van der Waals surface area contributed by atoms with Crippen LogP contribution in [0.5, 0.6) is 0 Å². The highest BCUT2D eigenvalue weighted by atomic mass is 15.1. The molecule has 3 rings (SSSR count). The van der Waals surface area contributed by atoms with Crippen LogP contribution in [0.3, 0.4) is 0 Å². The van der Waals surface area contributed by atoms with Crippen LogP contribution in [0.15, 0.2) is 24.3 Å². The van der Waals surface area contributed by atoms with E-state index in [1.807, 2.05) is 12.1 Å². The summed E-state index contributed by atoms with van der Waals surface area (Å²) in [5.41, 5.74) is 14.3. The Labute approximate surface area is 142 Å². The number of nitrogens with two attached hydrogens (primary N) is 2. The van der Waals surface area contributed by atoms with Gasteiger partial charge >= 0.3 is 0 Å². The van der Waals surface area contributed by atoms with Crippen molar-refractivity contribution in [2.75, 3.05) is 24.6 Å². The van der Waals surface area contributed by atoms with Gasteiger partial charge < -0.3 is 11.5 Å². The average Bonchev–Trinajstić information content (AvgIpc) is 2.83. The maximum absolute atomic E-state index is 9.35. The first-order valence-corrected chi connectivity index (χ1v) is 8.32. The van der Waals surface area contributed by atoms with E-state index >= 15 is 0 Å². The fraction of sp³-hybridized carbons (Fsp3) is 0.389. The first-order chi connectivity index (χ1) is 11.7. The molecule has 0 bridgehead atoms. The molecule has 1 fully saturated rings. The van der Waals surface area contributed by atoms with Gasteiger partial charge in [-0.25, -0.2) is 4.98 Å². The number of hydrogen-bond acceptors (Lipinski definition) is 6. The lowest BCUT2D eigenvalue weighted by atomic mass is 10.0. The molecular formula is C18H22N6. The van der Waals surface area contributed by atoms with Crippen LogP contribution in [-0.4, -0.2) is 28.0 Å². The molecule has 2 aromatic rings. The van der Waals surface area contributed by atoms with Crippen molar-refractivity contribution >= 4 is 11.8 Å². The molecule has 0 spiro atoms. The molecule has 4 N–H and O–H groups in total. The number of benzene rings is 1. The van der Waals surface area contributed by atoms with Crippen LogP contribution in [-0.2, 0) is 6.54 Å². The fourth-order valence-corrected chi connectivity index (χ4v) is 3.18. The molecular weight excluding hydrogens is 300 g/mol. The quantitative estimate of drug-likeness (QED) is 0.899. The van der Waals surface area contributed by atoms with Gasteiger partial charge in [-0.15, -0.1) is 0 Å². The highest BCUT2D eigenvalue weighted by Gasteiger charge is 2.14. The average molecular weight is 322 g/mol. The first-order valence-electron chi connectivity index (χ1n) is 8.32. The smallest absolute Gasteiger partial charge is 0.222 e. The maximum atomic E-state index is 9.35. The number of anilines is 2. The van der Waals surface area contributed by atoms with Crippen LogP contribution in [0.25, 0.3) is 11.3 Å². The molecule has 1 aliphatic rings. The van der Waals surface area contributed by atoms with E-state index in [4.69, 9.17) is 11.5 Å². The largest absolute Gasteiger partial charge is 0.382 e. The van der Waals surface area contributed by atoms with E-state index in [2.05, 4.69) is 33.1 Å². The van der Waals surface area contributed by atoms with E-state index in [1.54, 1.807) is 0 Å². The minimum atomic E-state index is 0.0828. The lowest BCUT2D eigenvalue weighted by Crippen LogP contribution is -2.23. The van der Waals surface area contributed by atoms with Crippen LogP contribution in [0.1, 0.15) is 36.8 Å². The molecule has 0 atom stereocenters. The summed E-state index contributed by atoms with van der Waals surface area (Å²) in [6.07, 6.45) is 5.16. The van der Waals surface area contributed by atoms with Crippen molar-refractivity contribution in [2.24, 2.45) is 0 Å². The van der Waals surface area contributed by atoms with Crippen LogP contribution in [0.4, 0.5) is 11.8 Å². The highest BCUT2D eigenvalue weighted by Crippen LogP contribution is 2.26. The van der Waals surface area contributed by atoms with Crippen molar-refractivity contribution in [3.63, 3.8) is 0 Å². The standard InChI is InChI=1S/C18H22N6/c19-11-15-16(22-18(21)23-17(15)20)14-7-5-6-13(10-14)12-24-8-3-1-2-4-9-24/h5-7,10H,1-4,8-9,12H2,(H4,20,21,22,23). The number of nitrogen functional groups attached to an aromatic ring is 2. The van der Waals surface area contributed by atoms with Gasteiger partial charge in [-0.2, -0.15) is 10.2 Å². The van der Waals surface area contributed by atoms with Gasteiger partial charge in [0.25, 0.3) is 0 Å². The summed E-state index contributed by atoms with van der Waals surface area (Å²) in [6.45, 7) is 3.19. The van der Waals surface area contributed by atoms with Gasteiger partial charge in [0.2, 0.25) is 5.95 Å². The molecule has 124 valence electrons. The Bertz CT molecular complexity index is 757. The van der Waals surface area contributed by atoms with Gasteiger partial charge in [-0.3, -0.25) is 4.90 Å². The third kappa shape index (κ3) is 3.63. The summed E-state index contributed by atoms with van der Waals surface area (Å²) >= 11 is 0. The molecule has 0 saturated carbocycles. The summed E-state index contributed by atoms with van der Waals surface area (Å²) in [6, 6.07) is 10.2. The van der Waals surface area contributed by atoms with Gasteiger partial charge in [0, 0.05) is 12.1 Å². The van der Waals surface area contributed by atoms with Crippen LogP contribution >= 0.6 is 0 Å². The summed E-state index contributed by atoms with van der Waals surface area (Å²) in [7, 11) is 0. The van der Waals surface area contributed by atoms with E-state index in [0.29, 0.717) is 5.69 Å². The number of nitrogens with zero attached hydrogens (tertiary/aromatic N) is 4. The van der Waals surface area contributed by atoms with E-state index in [0.717, 1.165) is 25.2 Å². The molecule has 1 aliphatic heterocycles. The summed E-state index contributed by atoms with van der Waals surface area (Å²) in [4.78, 5) is 10.6. The SMILES string of the molecule is N#Cc1c(N)nc(N)nc1-c1cccc(CN2CCCCCC2)c1. The van der Waals surface area contributed by atoms with Crippen LogP contribution in [0, 0.1) is 11.3 Å². The van der Waals surface area contributed by atoms with Crippen molar-refractivity contribution in [2.45, 2.75) is 32.2 Å². The van der Waals surface area contributed by atoms with Crippen molar-refractivity contribution in [1.82, 2.24) is 14.9 Å². The van der Waals surface area contributed by atoms with Crippen molar-refractivity contribution in [3.8, 4) is 17.3 Å². The number of hydrogen-bond donors (Lipinski definition) is 2. The third-order valence-electron chi connectivity index (χ3n) is 4.37. The Balaban J connectivity index is 1.89. The molecule has 6 nitrogen and oxygen atoms in total. The van der Waals surface area contributed by atoms with E-state index < -0.39 is 0 Å². The molecule has 2 heterocycles. The zero-order valence-electron chi connectivity index (χ0n) is 13.7. The van der Waals surface area contributed by atoms with Crippen molar-refractivity contribution < 1.29 is 0 Å². The van der Waals surface area contributed by atoms with E-state index in [1.165, 1.54) is 31.2 Å². The molecule has 6 heteroatoms. The lowest BCUT2D eigenvalue weighted by Gasteiger charge is -2.20. The zero-order chi connectivity index (χ0) is 16.9. The van der Waals surface area contributed by atoms with Gasteiger partial charge in [0.1, 0.15) is 17.5 Å². The third-order valence-corrected chi connectivity index (χ3v) is 4.37. The molecule has 24 heavy (non-hydrogen) atoms. The normalized spacial score (nSPS) is 15.6. The van der Waals surface area contributed by atoms with Gasteiger partial charge in [-0.1, -0.05) is 31.0 Å². The molecule has 1 saturated heterocycles. The Hall–Kier alpha value is -2.65. The second kappa shape index (κ2) is 7.28. The molecule has 1 aromatic heterocycles. The molecule has 0 unspecified atom stereocenters. The second-order valence-corrected chi connectivity index (χ2v) is 6.19. The monoisotopic (exact) mass is 322 g/mol. The Kier molecular flexibility index (Phi) is 4.92. The number of likely N-dealkylation sites (tertiary alicyclic amines) is 1. The predicted octanol–water partition coefficient (Wildman–Crippen LogP) is 2.56. The topological polar surface area (TPSA) is 105 Å². The highest BCUT2D eigenvalue weighted by molar-refractivity contribution is 5.73. The zero-order valence-corrected chi connectivity index (χ0v) is 13.7. The van der Waals surface area contributed by atoms with E-state index in [9.17, 15) is 5.26 Å². The molecule has 0 amide bonds. The minimum Gasteiger partial charge on any atom is -0.382 e. The van der Waals surface area contributed by atoms with Crippen LogP contribution < -0.4 is 11.5 Å². The Morgan fingerprint density at radius 3 is 2.54 bits per heavy atom. The molecule has 1 aromatic carbocycles. The minimum absolute atomic E-state index is 0.0828. The van der Waals surface area contributed by atoms with Gasteiger partial charge in [0.05, 0.1) is 5.69 Å². The van der Waals surface area contributed by atoms with Gasteiger partial charge in [0.15, 0.2) is 0 Å². The molecule has 0 aliphatic carbocycles. The lowest BCUT2D eigenvalue weighted by molar-refractivity contribution is 0.277. The fourth-order valence-electron chi connectivity index (χ4n) is 3.18.